The van der Waals surface area contributed by atoms with Crippen molar-refractivity contribution < 1.29 is 4.92 Å². The van der Waals surface area contributed by atoms with Gasteiger partial charge in [0.2, 0.25) is 0 Å². The quantitative estimate of drug-likeness (QED) is 0.667. The Morgan fingerprint density at radius 3 is 2.47 bits per heavy atom. The molecule has 4 heteroatoms. The van der Waals surface area contributed by atoms with Gasteiger partial charge in [-0.2, -0.15) is 0 Å². The highest BCUT2D eigenvalue weighted by atomic mass is 16.6. The summed E-state index contributed by atoms with van der Waals surface area (Å²) >= 11 is 0. The van der Waals surface area contributed by atoms with E-state index in [1.165, 1.54) is 19.3 Å². The van der Waals surface area contributed by atoms with Crippen molar-refractivity contribution in [2.45, 2.75) is 45.7 Å². The number of rotatable bonds is 4. The van der Waals surface area contributed by atoms with E-state index in [1.807, 2.05) is 12.1 Å². The molecule has 19 heavy (non-hydrogen) atoms. The minimum absolute atomic E-state index is 0.215. The topological polar surface area (TPSA) is 55.2 Å². The van der Waals surface area contributed by atoms with Gasteiger partial charge >= 0.3 is 0 Å². The molecule has 0 radical (unpaired) electrons. The predicted molar refractivity (Wildman–Crippen MR) is 75.9 cm³/mol. The van der Waals surface area contributed by atoms with E-state index in [0.29, 0.717) is 12.6 Å². The molecule has 2 atom stereocenters. The maximum atomic E-state index is 11.0. The summed E-state index contributed by atoms with van der Waals surface area (Å²) in [6.45, 7) is 5.16. The SMILES string of the molecule is CC1CC(C)CC(NCc2ccccc2[N+](=O)[O-])C1. The van der Waals surface area contributed by atoms with Crippen LogP contribution < -0.4 is 5.32 Å². The van der Waals surface area contributed by atoms with Gasteiger partial charge in [-0.05, 0) is 31.1 Å². The Labute approximate surface area is 114 Å². The molecule has 0 spiro atoms. The van der Waals surface area contributed by atoms with Gasteiger partial charge in [0, 0.05) is 24.2 Å². The maximum absolute atomic E-state index is 11.0. The predicted octanol–water partition coefficient (Wildman–Crippen LogP) is 3.51. The number of nitro groups is 1. The van der Waals surface area contributed by atoms with Gasteiger partial charge in [0.1, 0.15) is 0 Å². The van der Waals surface area contributed by atoms with E-state index >= 15 is 0 Å². The lowest BCUT2D eigenvalue weighted by Gasteiger charge is -2.32. The van der Waals surface area contributed by atoms with Gasteiger partial charge in [0.25, 0.3) is 5.69 Å². The molecule has 0 bridgehead atoms. The average molecular weight is 262 g/mol. The molecule has 1 aliphatic rings. The van der Waals surface area contributed by atoms with Crippen LogP contribution in [0.2, 0.25) is 0 Å². The van der Waals surface area contributed by atoms with E-state index in [9.17, 15) is 10.1 Å². The Morgan fingerprint density at radius 1 is 1.21 bits per heavy atom. The largest absolute Gasteiger partial charge is 0.310 e. The molecule has 2 unspecified atom stereocenters. The van der Waals surface area contributed by atoms with Crippen LogP contribution in [0.5, 0.6) is 0 Å². The number of benzene rings is 1. The highest BCUT2D eigenvalue weighted by Crippen LogP contribution is 2.29. The van der Waals surface area contributed by atoms with Crippen molar-refractivity contribution in [2.24, 2.45) is 11.8 Å². The molecule has 0 amide bonds. The molecule has 2 rings (SSSR count). The fourth-order valence-corrected chi connectivity index (χ4v) is 3.21. The Balaban J connectivity index is 1.97. The van der Waals surface area contributed by atoms with Crippen LogP contribution in [0.25, 0.3) is 0 Å². The lowest BCUT2D eigenvalue weighted by atomic mass is 9.80. The number of para-hydroxylation sites is 1. The third kappa shape index (κ3) is 3.77. The van der Waals surface area contributed by atoms with Crippen LogP contribution in [-0.2, 0) is 6.54 Å². The molecule has 1 fully saturated rings. The van der Waals surface area contributed by atoms with Crippen LogP contribution in [-0.4, -0.2) is 11.0 Å². The lowest BCUT2D eigenvalue weighted by Crippen LogP contribution is -2.36. The van der Waals surface area contributed by atoms with Crippen molar-refractivity contribution in [3.05, 3.63) is 39.9 Å². The van der Waals surface area contributed by atoms with E-state index in [4.69, 9.17) is 0 Å². The molecular weight excluding hydrogens is 240 g/mol. The molecule has 4 nitrogen and oxygen atoms in total. The van der Waals surface area contributed by atoms with Gasteiger partial charge in [-0.1, -0.05) is 32.0 Å². The maximum Gasteiger partial charge on any atom is 0.273 e. The number of hydrogen-bond acceptors (Lipinski definition) is 3. The van der Waals surface area contributed by atoms with Crippen LogP contribution in [0, 0.1) is 22.0 Å². The Hall–Kier alpha value is -1.42. The smallest absolute Gasteiger partial charge is 0.273 e. The first-order valence-electron chi connectivity index (χ1n) is 7.02. The molecule has 0 heterocycles. The third-order valence-electron chi connectivity index (χ3n) is 3.95. The summed E-state index contributed by atoms with van der Waals surface area (Å²) in [5.74, 6) is 1.49. The van der Waals surface area contributed by atoms with Crippen LogP contribution in [0.15, 0.2) is 24.3 Å². The summed E-state index contributed by atoms with van der Waals surface area (Å²) in [6.07, 6.45) is 3.64. The standard InChI is InChI=1S/C15H22N2O2/c1-11-7-12(2)9-14(8-11)16-10-13-5-3-4-6-15(13)17(18)19/h3-6,11-12,14,16H,7-10H2,1-2H3. The van der Waals surface area contributed by atoms with Crippen molar-refractivity contribution in [3.8, 4) is 0 Å². The molecule has 0 saturated heterocycles. The molecule has 104 valence electrons. The molecule has 1 aromatic carbocycles. The zero-order valence-electron chi connectivity index (χ0n) is 11.6. The lowest BCUT2D eigenvalue weighted by molar-refractivity contribution is -0.385. The minimum Gasteiger partial charge on any atom is -0.310 e. The highest BCUT2D eigenvalue weighted by Gasteiger charge is 2.24. The summed E-state index contributed by atoms with van der Waals surface area (Å²) in [4.78, 5) is 10.7. The van der Waals surface area contributed by atoms with E-state index < -0.39 is 0 Å². The fraction of sp³-hybridized carbons (Fsp3) is 0.600. The number of nitrogens with one attached hydrogen (secondary N) is 1. The highest BCUT2D eigenvalue weighted by molar-refractivity contribution is 5.39. The van der Waals surface area contributed by atoms with Gasteiger partial charge in [-0.3, -0.25) is 10.1 Å². The van der Waals surface area contributed by atoms with Gasteiger partial charge in [-0.15, -0.1) is 0 Å². The summed E-state index contributed by atoms with van der Waals surface area (Å²) in [5.41, 5.74) is 0.991. The Morgan fingerprint density at radius 2 is 1.84 bits per heavy atom. The molecular formula is C15H22N2O2. The zero-order valence-corrected chi connectivity index (χ0v) is 11.6. The molecule has 1 saturated carbocycles. The van der Waals surface area contributed by atoms with E-state index in [-0.39, 0.29) is 10.6 Å². The van der Waals surface area contributed by atoms with Crippen LogP contribution >= 0.6 is 0 Å². The third-order valence-corrected chi connectivity index (χ3v) is 3.95. The Bertz CT molecular complexity index is 438. The number of nitro benzene ring substituents is 1. The van der Waals surface area contributed by atoms with Crippen molar-refractivity contribution in [1.29, 1.82) is 0 Å². The summed E-state index contributed by atoms with van der Waals surface area (Å²) in [7, 11) is 0. The molecule has 1 aromatic rings. The first-order chi connectivity index (χ1) is 9.06. The molecule has 1 aliphatic carbocycles. The molecule has 0 aromatic heterocycles. The molecule has 0 aliphatic heterocycles. The van der Waals surface area contributed by atoms with Gasteiger partial charge in [0.15, 0.2) is 0 Å². The number of nitrogens with zero attached hydrogens (tertiary/aromatic N) is 1. The summed E-state index contributed by atoms with van der Waals surface area (Å²) < 4.78 is 0. The second kappa shape index (κ2) is 6.15. The first kappa shape index (κ1) is 14.0. The molecule has 1 N–H and O–H groups in total. The van der Waals surface area contributed by atoms with Crippen LogP contribution in [0.4, 0.5) is 5.69 Å². The van der Waals surface area contributed by atoms with Crippen LogP contribution in [0.1, 0.15) is 38.7 Å². The minimum atomic E-state index is -0.302. The second-order valence-electron chi connectivity index (χ2n) is 5.88. The van der Waals surface area contributed by atoms with Crippen molar-refractivity contribution in [3.63, 3.8) is 0 Å². The van der Waals surface area contributed by atoms with E-state index in [0.717, 1.165) is 17.4 Å². The van der Waals surface area contributed by atoms with Crippen molar-refractivity contribution >= 4 is 5.69 Å². The average Bonchev–Trinajstić information content (AvgIpc) is 2.35. The van der Waals surface area contributed by atoms with E-state index in [2.05, 4.69) is 19.2 Å². The van der Waals surface area contributed by atoms with Gasteiger partial charge in [0.05, 0.1) is 4.92 Å². The zero-order chi connectivity index (χ0) is 13.8. The van der Waals surface area contributed by atoms with Gasteiger partial charge in [-0.25, -0.2) is 0 Å². The van der Waals surface area contributed by atoms with Gasteiger partial charge < -0.3 is 5.32 Å². The fourth-order valence-electron chi connectivity index (χ4n) is 3.21. The van der Waals surface area contributed by atoms with Crippen molar-refractivity contribution in [2.75, 3.05) is 0 Å². The normalized spacial score (nSPS) is 27.2. The van der Waals surface area contributed by atoms with E-state index in [1.54, 1.807) is 12.1 Å². The summed E-state index contributed by atoms with van der Waals surface area (Å²) in [5, 5.41) is 14.4. The number of hydrogen-bond donors (Lipinski definition) is 1. The monoisotopic (exact) mass is 262 g/mol. The second-order valence-corrected chi connectivity index (χ2v) is 5.88. The van der Waals surface area contributed by atoms with Crippen molar-refractivity contribution in [1.82, 2.24) is 5.32 Å². The Kier molecular flexibility index (Phi) is 4.53. The summed E-state index contributed by atoms with van der Waals surface area (Å²) in [6, 6.07) is 7.46. The first-order valence-corrected chi connectivity index (χ1v) is 7.02. The van der Waals surface area contributed by atoms with Crippen LogP contribution in [0.3, 0.4) is 0 Å².